The molecule has 1 aliphatic heterocycles. The zero-order valence-electron chi connectivity index (χ0n) is 26.3. The van der Waals surface area contributed by atoms with E-state index in [9.17, 15) is 0 Å². The number of rotatable bonds is 5. The molecule has 2 nitrogen and oxygen atoms in total. The van der Waals surface area contributed by atoms with E-state index >= 15 is 0 Å². The Morgan fingerprint density at radius 3 is 1.85 bits per heavy atom. The molecule has 2 unspecified atom stereocenters. The summed E-state index contributed by atoms with van der Waals surface area (Å²) in [6, 6.07) is 56.9. The quantitative estimate of drug-likeness (QED) is 0.179. The lowest BCUT2D eigenvalue weighted by atomic mass is 9.83. The van der Waals surface area contributed by atoms with Gasteiger partial charge in [-0.1, -0.05) is 121 Å². The van der Waals surface area contributed by atoms with E-state index in [1.807, 2.05) is 0 Å². The summed E-state index contributed by atoms with van der Waals surface area (Å²) in [5.41, 5.74) is 9.55. The third kappa shape index (κ3) is 4.27. The average Bonchev–Trinajstić information content (AvgIpc) is 3.52. The third-order valence-corrected chi connectivity index (χ3v) is 10.1. The highest BCUT2D eigenvalue weighted by molar-refractivity contribution is 6.24. The lowest BCUT2D eigenvalue weighted by molar-refractivity contribution is 0.269. The van der Waals surface area contributed by atoms with Crippen LogP contribution in [0.2, 0.25) is 0 Å². The Bertz CT molecular complexity index is 2470. The van der Waals surface area contributed by atoms with Crippen LogP contribution in [-0.2, 0) is 0 Å². The fraction of sp³-hybridized carbons (Fsp3) is 0.0435. The first-order chi connectivity index (χ1) is 23.8. The second-order valence-corrected chi connectivity index (χ2v) is 12.9. The molecule has 1 aliphatic carbocycles. The van der Waals surface area contributed by atoms with Gasteiger partial charge in [-0.15, -0.1) is 0 Å². The number of ether oxygens (including phenoxy) is 1. The van der Waals surface area contributed by atoms with E-state index in [2.05, 4.69) is 181 Å². The molecule has 2 heteroatoms. The Morgan fingerprint density at radius 1 is 0.500 bits per heavy atom. The molecule has 10 rings (SSSR count). The highest BCUT2D eigenvalue weighted by Crippen LogP contribution is 2.47. The molecule has 226 valence electrons. The molecule has 0 fully saturated rings. The van der Waals surface area contributed by atoms with E-state index in [0.29, 0.717) is 0 Å². The van der Waals surface area contributed by atoms with Gasteiger partial charge in [0.25, 0.3) is 0 Å². The van der Waals surface area contributed by atoms with Crippen LogP contribution in [0.1, 0.15) is 17.0 Å². The standard InChI is InChI=1S/C46H31NO/c1-3-10-36(11-4-1)47(37-12-5-2-6-13-37)38-22-16-30(17-23-38)34-20-26-43-41(28-34)42-29-35(21-27-44(42)48-43)39-24-18-33-15-14-31-8-7-9-32-19-25-40(39)46(33)45(31)32/h1-29,42,44H. The maximum Gasteiger partial charge on any atom is 0.128 e. The first kappa shape index (κ1) is 27.0. The predicted octanol–water partition coefficient (Wildman–Crippen LogP) is 12.2. The molecule has 0 saturated heterocycles. The van der Waals surface area contributed by atoms with Crippen molar-refractivity contribution in [2.24, 2.45) is 0 Å². The fourth-order valence-corrected chi connectivity index (χ4v) is 7.85. The van der Waals surface area contributed by atoms with Crippen LogP contribution >= 0.6 is 0 Å². The minimum absolute atomic E-state index is 0.00599. The van der Waals surface area contributed by atoms with E-state index < -0.39 is 0 Å². The molecule has 0 amide bonds. The second kappa shape index (κ2) is 10.7. The van der Waals surface area contributed by atoms with Gasteiger partial charge in [-0.2, -0.15) is 0 Å². The number of nitrogens with zero attached hydrogens (tertiary/aromatic N) is 1. The van der Waals surface area contributed by atoms with Gasteiger partial charge >= 0.3 is 0 Å². The Morgan fingerprint density at radius 2 is 1.12 bits per heavy atom. The van der Waals surface area contributed by atoms with Crippen LogP contribution in [0.5, 0.6) is 5.75 Å². The van der Waals surface area contributed by atoms with Gasteiger partial charge in [0, 0.05) is 28.5 Å². The van der Waals surface area contributed by atoms with E-state index in [4.69, 9.17) is 4.74 Å². The predicted molar refractivity (Wildman–Crippen MR) is 201 cm³/mol. The Balaban J connectivity index is 1.01. The molecule has 2 aliphatic rings. The third-order valence-electron chi connectivity index (χ3n) is 10.1. The second-order valence-electron chi connectivity index (χ2n) is 12.9. The van der Waals surface area contributed by atoms with Gasteiger partial charge in [0.1, 0.15) is 11.9 Å². The van der Waals surface area contributed by atoms with Crippen molar-refractivity contribution < 1.29 is 4.74 Å². The van der Waals surface area contributed by atoms with Crippen molar-refractivity contribution in [3.05, 3.63) is 187 Å². The van der Waals surface area contributed by atoms with Gasteiger partial charge in [0.2, 0.25) is 0 Å². The van der Waals surface area contributed by atoms with Crippen molar-refractivity contribution >= 4 is 55.0 Å². The van der Waals surface area contributed by atoms with Gasteiger partial charge < -0.3 is 9.64 Å². The molecule has 1 heterocycles. The van der Waals surface area contributed by atoms with Crippen molar-refractivity contribution in [1.29, 1.82) is 0 Å². The van der Waals surface area contributed by atoms with Crippen molar-refractivity contribution in [3.63, 3.8) is 0 Å². The minimum Gasteiger partial charge on any atom is -0.485 e. The van der Waals surface area contributed by atoms with E-state index in [1.165, 1.54) is 60.1 Å². The maximum absolute atomic E-state index is 6.48. The zero-order chi connectivity index (χ0) is 31.6. The van der Waals surface area contributed by atoms with Crippen LogP contribution in [0, 0.1) is 0 Å². The SMILES string of the molecule is C1=CC2Oc3ccc(-c4ccc(N(c5ccccc5)c5ccccc5)cc4)cc3C2C=C1c1ccc2ccc3cccc4ccc1c2c34. The van der Waals surface area contributed by atoms with Crippen molar-refractivity contribution in [2.75, 3.05) is 4.90 Å². The number of para-hydroxylation sites is 2. The lowest BCUT2D eigenvalue weighted by Gasteiger charge is -2.25. The maximum atomic E-state index is 6.48. The van der Waals surface area contributed by atoms with Crippen LogP contribution < -0.4 is 9.64 Å². The van der Waals surface area contributed by atoms with Gasteiger partial charge in [-0.25, -0.2) is 0 Å². The number of hydrogen-bond acceptors (Lipinski definition) is 2. The van der Waals surface area contributed by atoms with Gasteiger partial charge in [-0.3, -0.25) is 0 Å². The largest absolute Gasteiger partial charge is 0.485 e. The minimum atomic E-state index is 0.00599. The monoisotopic (exact) mass is 613 g/mol. The number of benzene rings is 8. The normalized spacial score (nSPS) is 16.5. The average molecular weight is 614 g/mol. The first-order valence-electron chi connectivity index (χ1n) is 16.7. The summed E-state index contributed by atoms with van der Waals surface area (Å²) >= 11 is 0. The number of anilines is 3. The molecule has 0 N–H and O–H groups in total. The Hall–Kier alpha value is -6.12. The Labute approximate surface area is 279 Å². The molecule has 0 radical (unpaired) electrons. The highest BCUT2D eigenvalue weighted by Gasteiger charge is 2.34. The van der Waals surface area contributed by atoms with E-state index in [-0.39, 0.29) is 12.0 Å². The molecule has 48 heavy (non-hydrogen) atoms. The van der Waals surface area contributed by atoms with Crippen molar-refractivity contribution in [2.45, 2.75) is 12.0 Å². The number of fused-ring (bicyclic) bond motifs is 3. The van der Waals surface area contributed by atoms with Gasteiger partial charge in [0.15, 0.2) is 0 Å². The van der Waals surface area contributed by atoms with E-state index in [1.54, 1.807) is 0 Å². The molecular formula is C46H31NO. The lowest BCUT2D eigenvalue weighted by Crippen LogP contribution is -2.17. The molecule has 0 bridgehead atoms. The molecule has 8 aromatic rings. The zero-order valence-corrected chi connectivity index (χ0v) is 26.3. The first-order valence-corrected chi connectivity index (χ1v) is 16.7. The van der Waals surface area contributed by atoms with E-state index in [0.717, 1.165) is 22.8 Å². The molecule has 8 aromatic carbocycles. The highest BCUT2D eigenvalue weighted by atomic mass is 16.5. The molecule has 2 atom stereocenters. The van der Waals surface area contributed by atoms with Crippen molar-refractivity contribution in [3.8, 4) is 16.9 Å². The summed E-state index contributed by atoms with van der Waals surface area (Å²) in [4.78, 5) is 2.30. The summed E-state index contributed by atoms with van der Waals surface area (Å²) in [6.07, 6.45) is 6.93. The summed E-state index contributed by atoms with van der Waals surface area (Å²) in [5, 5.41) is 7.89. The molecule has 0 spiro atoms. The molecule has 0 aromatic heterocycles. The van der Waals surface area contributed by atoms with Gasteiger partial charge in [0.05, 0.1) is 0 Å². The van der Waals surface area contributed by atoms with Crippen LogP contribution in [0.4, 0.5) is 17.1 Å². The van der Waals surface area contributed by atoms with Gasteiger partial charge in [-0.05, 0) is 109 Å². The summed E-state index contributed by atoms with van der Waals surface area (Å²) in [6.45, 7) is 0. The number of hydrogen-bond donors (Lipinski definition) is 0. The summed E-state index contributed by atoms with van der Waals surface area (Å²) < 4.78 is 6.48. The summed E-state index contributed by atoms with van der Waals surface area (Å²) in [5.74, 6) is 1.13. The molecular weight excluding hydrogens is 583 g/mol. The van der Waals surface area contributed by atoms with Crippen LogP contribution in [-0.4, -0.2) is 6.10 Å². The fourth-order valence-electron chi connectivity index (χ4n) is 7.85. The Kier molecular flexibility index (Phi) is 6.04. The smallest absolute Gasteiger partial charge is 0.128 e. The van der Waals surface area contributed by atoms with Crippen molar-refractivity contribution in [1.82, 2.24) is 0 Å². The van der Waals surface area contributed by atoms with Crippen LogP contribution in [0.25, 0.3) is 49.0 Å². The summed E-state index contributed by atoms with van der Waals surface area (Å²) in [7, 11) is 0. The topological polar surface area (TPSA) is 12.5 Å². The number of allylic oxidation sites excluding steroid dienone is 2. The van der Waals surface area contributed by atoms with Crippen LogP contribution in [0.15, 0.2) is 176 Å². The van der Waals surface area contributed by atoms with Crippen LogP contribution in [0.3, 0.4) is 0 Å². The molecule has 0 saturated carbocycles.